The van der Waals surface area contributed by atoms with Gasteiger partial charge in [-0.25, -0.2) is 0 Å². The van der Waals surface area contributed by atoms with Gasteiger partial charge in [0.2, 0.25) is 5.91 Å². The summed E-state index contributed by atoms with van der Waals surface area (Å²) in [5.74, 6) is 1.03. The lowest BCUT2D eigenvalue weighted by Gasteiger charge is -2.32. The second-order valence-corrected chi connectivity index (χ2v) is 7.19. The van der Waals surface area contributed by atoms with Gasteiger partial charge in [-0.3, -0.25) is 9.59 Å². The number of rotatable bonds is 6. The molecule has 0 spiro atoms. The fourth-order valence-electron chi connectivity index (χ4n) is 2.94. The van der Waals surface area contributed by atoms with Crippen molar-refractivity contribution in [3.63, 3.8) is 0 Å². The van der Waals surface area contributed by atoms with Crippen molar-refractivity contribution < 1.29 is 14.0 Å². The Kier molecular flexibility index (Phi) is 6.17. The highest BCUT2D eigenvalue weighted by atomic mass is 32.2. The average molecular weight is 358 g/mol. The highest BCUT2D eigenvalue weighted by Crippen LogP contribution is 2.20. The van der Waals surface area contributed by atoms with Gasteiger partial charge < -0.3 is 14.6 Å². The van der Waals surface area contributed by atoms with E-state index in [1.54, 1.807) is 23.9 Å². The first kappa shape index (κ1) is 17.6. The number of likely N-dealkylation sites (tertiary alicyclic amines) is 1. The topological polar surface area (TPSA) is 62.6 Å². The molecular formula is C19H22N2O3S. The van der Waals surface area contributed by atoms with E-state index in [0.717, 1.165) is 24.3 Å². The van der Waals surface area contributed by atoms with Gasteiger partial charge in [-0.05, 0) is 43.0 Å². The van der Waals surface area contributed by atoms with Crippen molar-refractivity contribution in [1.29, 1.82) is 0 Å². The summed E-state index contributed by atoms with van der Waals surface area (Å²) >= 11 is 1.57. The third kappa shape index (κ3) is 5.13. The quantitative estimate of drug-likeness (QED) is 0.806. The minimum atomic E-state index is -0.201. The molecule has 2 amide bonds. The van der Waals surface area contributed by atoms with Crippen LogP contribution in [-0.4, -0.2) is 42.1 Å². The Morgan fingerprint density at radius 3 is 2.80 bits per heavy atom. The molecule has 1 aliphatic heterocycles. The Balaban J connectivity index is 1.44. The van der Waals surface area contributed by atoms with Crippen molar-refractivity contribution in [3.8, 4) is 0 Å². The van der Waals surface area contributed by atoms with Gasteiger partial charge in [0, 0.05) is 24.5 Å². The van der Waals surface area contributed by atoms with E-state index >= 15 is 0 Å². The van der Waals surface area contributed by atoms with E-state index in [2.05, 4.69) is 5.32 Å². The summed E-state index contributed by atoms with van der Waals surface area (Å²) in [7, 11) is 0. The second kappa shape index (κ2) is 8.76. The van der Waals surface area contributed by atoms with Crippen LogP contribution in [0.5, 0.6) is 0 Å². The standard InChI is InChI=1S/C19H22N2O3S/c22-18(14-25-16-7-2-1-3-8-16)21-10-4-6-15(13-21)12-20-19(23)17-9-5-11-24-17/h1-3,5,7-9,11,15H,4,6,10,12-14H2,(H,20,23). The maximum absolute atomic E-state index is 12.4. The predicted octanol–water partition coefficient (Wildman–Crippen LogP) is 3.04. The van der Waals surface area contributed by atoms with Gasteiger partial charge in [-0.15, -0.1) is 11.8 Å². The van der Waals surface area contributed by atoms with E-state index in [0.29, 0.717) is 30.5 Å². The summed E-state index contributed by atoms with van der Waals surface area (Å²) in [6.45, 7) is 2.07. The number of carbonyl (C=O) groups is 2. The molecule has 0 aliphatic carbocycles. The number of benzene rings is 1. The second-order valence-electron chi connectivity index (χ2n) is 6.14. The summed E-state index contributed by atoms with van der Waals surface area (Å²) in [5, 5.41) is 2.90. The first-order valence-electron chi connectivity index (χ1n) is 8.49. The molecule has 1 aromatic carbocycles. The van der Waals surface area contributed by atoms with E-state index < -0.39 is 0 Å². The Morgan fingerprint density at radius 1 is 1.20 bits per heavy atom. The van der Waals surface area contributed by atoms with E-state index in [9.17, 15) is 9.59 Å². The maximum atomic E-state index is 12.4. The molecule has 1 unspecified atom stereocenters. The summed E-state index contributed by atoms with van der Waals surface area (Å²) in [6.07, 6.45) is 3.48. The van der Waals surface area contributed by atoms with Crippen LogP contribution >= 0.6 is 11.8 Å². The van der Waals surface area contributed by atoms with Crippen LogP contribution in [0, 0.1) is 5.92 Å². The molecule has 0 bridgehead atoms. The van der Waals surface area contributed by atoms with Crippen molar-refractivity contribution in [2.24, 2.45) is 5.92 Å². The van der Waals surface area contributed by atoms with Crippen LogP contribution < -0.4 is 5.32 Å². The monoisotopic (exact) mass is 358 g/mol. The maximum Gasteiger partial charge on any atom is 0.286 e. The highest BCUT2D eigenvalue weighted by molar-refractivity contribution is 8.00. The molecule has 25 heavy (non-hydrogen) atoms. The molecule has 2 aromatic rings. The molecule has 3 rings (SSSR count). The van der Waals surface area contributed by atoms with Crippen molar-refractivity contribution in [1.82, 2.24) is 10.2 Å². The van der Waals surface area contributed by atoms with Crippen LogP contribution in [0.4, 0.5) is 0 Å². The first-order chi connectivity index (χ1) is 12.2. The molecule has 132 valence electrons. The molecule has 1 atom stereocenters. The van der Waals surface area contributed by atoms with E-state index in [-0.39, 0.29) is 11.8 Å². The molecule has 1 aromatic heterocycles. The molecule has 0 radical (unpaired) electrons. The van der Waals surface area contributed by atoms with Gasteiger partial charge in [0.05, 0.1) is 12.0 Å². The number of thioether (sulfide) groups is 1. The molecule has 1 aliphatic rings. The molecule has 5 nitrogen and oxygen atoms in total. The molecule has 2 heterocycles. The van der Waals surface area contributed by atoms with Gasteiger partial charge in [0.1, 0.15) is 0 Å². The van der Waals surface area contributed by atoms with Crippen molar-refractivity contribution in [2.45, 2.75) is 17.7 Å². The zero-order valence-corrected chi connectivity index (χ0v) is 14.8. The Hall–Kier alpha value is -2.21. The lowest BCUT2D eigenvalue weighted by molar-refractivity contribution is -0.130. The van der Waals surface area contributed by atoms with Gasteiger partial charge in [-0.2, -0.15) is 0 Å². The number of carbonyl (C=O) groups excluding carboxylic acids is 2. The third-order valence-corrected chi connectivity index (χ3v) is 5.27. The molecular weight excluding hydrogens is 336 g/mol. The first-order valence-corrected chi connectivity index (χ1v) is 9.48. The fourth-order valence-corrected chi connectivity index (χ4v) is 3.77. The minimum Gasteiger partial charge on any atom is -0.459 e. The fraction of sp³-hybridized carbons (Fsp3) is 0.368. The summed E-state index contributed by atoms with van der Waals surface area (Å²) in [6, 6.07) is 13.3. The summed E-state index contributed by atoms with van der Waals surface area (Å²) in [5.41, 5.74) is 0. The zero-order valence-electron chi connectivity index (χ0n) is 14.0. The number of piperidine rings is 1. The van der Waals surface area contributed by atoms with E-state index in [4.69, 9.17) is 4.42 Å². The predicted molar refractivity (Wildman–Crippen MR) is 97.5 cm³/mol. The van der Waals surface area contributed by atoms with E-state index in [1.807, 2.05) is 35.2 Å². The molecule has 0 saturated carbocycles. The number of furan rings is 1. The number of hydrogen-bond acceptors (Lipinski definition) is 4. The van der Waals surface area contributed by atoms with Crippen LogP contribution in [0.25, 0.3) is 0 Å². The van der Waals surface area contributed by atoms with Gasteiger partial charge in [-0.1, -0.05) is 18.2 Å². The SMILES string of the molecule is O=C(NCC1CCCN(C(=O)CSc2ccccc2)C1)c1ccco1. The highest BCUT2D eigenvalue weighted by Gasteiger charge is 2.24. The molecule has 1 N–H and O–H groups in total. The summed E-state index contributed by atoms with van der Waals surface area (Å²) < 4.78 is 5.09. The molecule has 1 saturated heterocycles. The lowest BCUT2D eigenvalue weighted by atomic mass is 9.98. The van der Waals surface area contributed by atoms with Gasteiger partial charge >= 0.3 is 0 Å². The average Bonchev–Trinajstić information content (AvgIpc) is 3.20. The molecule has 1 fully saturated rings. The Bertz CT molecular complexity index is 688. The van der Waals surface area contributed by atoms with Crippen LogP contribution in [-0.2, 0) is 4.79 Å². The summed E-state index contributed by atoms with van der Waals surface area (Å²) in [4.78, 5) is 27.4. The van der Waals surface area contributed by atoms with Gasteiger partial charge in [0.15, 0.2) is 5.76 Å². The number of amides is 2. The van der Waals surface area contributed by atoms with E-state index in [1.165, 1.54) is 6.26 Å². The lowest BCUT2D eigenvalue weighted by Crippen LogP contribution is -2.44. The van der Waals surface area contributed by atoms with Crippen molar-refractivity contribution in [2.75, 3.05) is 25.4 Å². The van der Waals surface area contributed by atoms with Crippen LogP contribution in [0.15, 0.2) is 58.0 Å². The smallest absolute Gasteiger partial charge is 0.286 e. The number of nitrogens with one attached hydrogen (secondary N) is 1. The Labute approximate surface area is 151 Å². The zero-order chi connectivity index (χ0) is 17.5. The van der Waals surface area contributed by atoms with Crippen LogP contribution in [0.3, 0.4) is 0 Å². The molecule has 6 heteroatoms. The third-order valence-electron chi connectivity index (χ3n) is 4.27. The Morgan fingerprint density at radius 2 is 2.04 bits per heavy atom. The van der Waals surface area contributed by atoms with Gasteiger partial charge in [0.25, 0.3) is 5.91 Å². The van der Waals surface area contributed by atoms with Crippen molar-refractivity contribution in [3.05, 3.63) is 54.5 Å². The normalized spacial score (nSPS) is 17.3. The van der Waals surface area contributed by atoms with Crippen molar-refractivity contribution >= 4 is 23.6 Å². The largest absolute Gasteiger partial charge is 0.459 e. The number of hydrogen-bond donors (Lipinski definition) is 1. The minimum absolute atomic E-state index is 0.163. The van der Waals surface area contributed by atoms with Crippen LogP contribution in [0.2, 0.25) is 0 Å². The van der Waals surface area contributed by atoms with Crippen LogP contribution in [0.1, 0.15) is 23.4 Å². The number of nitrogens with zero attached hydrogens (tertiary/aromatic N) is 1.